The average Bonchev–Trinajstić information content (AvgIpc) is 2.85. The summed E-state index contributed by atoms with van der Waals surface area (Å²) in [7, 11) is 0. The van der Waals surface area contributed by atoms with Gasteiger partial charge in [0.1, 0.15) is 5.75 Å². The normalized spacial score (nSPS) is 17.7. The zero-order chi connectivity index (χ0) is 14.8. The second-order valence-corrected chi connectivity index (χ2v) is 6.76. The van der Waals surface area contributed by atoms with Crippen molar-refractivity contribution in [3.05, 3.63) is 40.4 Å². The van der Waals surface area contributed by atoms with Crippen LogP contribution in [0.4, 0.5) is 0 Å². The van der Waals surface area contributed by atoms with Gasteiger partial charge in [-0.2, -0.15) is 0 Å². The van der Waals surface area contributed by atoms with Crippen LogP contribution in [0.25, 0.3) is 0 Å². The van der Waals surface area contributed by atoms with Crippen LogP contribution in [0, 0.1) is 4.77 Å². The molecule has 0 saturated heterocycles. The number of fused-ring (bicyclic) bond motifs is 1. The maximum atomic E-state index is 9.67. The highest BCUT2D eigenvalue weighted by atomic mass is 32.2. The number of aromatic hydroxyl groups is 1. The summed E-state index contributed by atoms with van der Waals surface area (Å²) in [6.07, 6.45) is 4.81. The van der Waals surface area contributed by atoms with Crippen molar-refractivity contribution in [2.24, 2.45) is 5.73 Å². The molecular formula is C15H19N3OS2. The fourth-order valence-electron chi connectivity index (χ4n) is 2.82. The Kier molecular flexibility index (Phi) is 4.37. The van der Waals surface area contributed by atoms with Crippen LogP contribution in [-0.2, 0) is 12.8 Å². The molecule has 0 bridgehead atoms. The highest BCUT2D eigenvalue weighted by Crippen LogP contribution is 2.37. The van der Waals surface area contributed by atoms with Gasteiger partial charge < -0.3 is 20.4 Å². The topological polar surface area (TPSA) is 67.0 Å². The first kappa shape index (κ1) is 14.7. The van der Waals surface area contributed by atoms with Crippen molar-refractivity contribution in [1.82, 2.24) is 9.55 Å². The Bertz CT molecular complexity index is 692. The molecule has 3 rings (SSSR count). The number of hydrogen-bond donors (Lipinski definition) is 3. The molecule has 4 N–H and O–H groups in total. The van der Waals surface area contributed by atoms with Gasteiger partial charge in [-0.1, -0.05) is 0 Å². The fourth-order valence-corrected chi connectivity index (χ4v) is 4.28. The number of nitrogens with two attached hydrogens (primary N) is 1. The molecule has 1 aliphatic heterocycles. The standard InChI is InChI=1S/C15H19N3OS2/c16-5-1-2-11-8-17-15(20)18(11)12-6-10-7-13(19)3-4-14(10)21-9-12/h3-4,7-8,12,19H,1-2,5-6,9,16H2,(H,17,20). The molecule has 2 aromatic rings. The fraction of sp³-hybridized carbons (Fsp3) is 0.400. The molecule has 21 heavy (non-hydrogen) atoms. The molecular weight excluding hydrogens is 302 g/mol. The van der Waals surface area contributed by atoms with E-state index < -0.39 is 0 Å². The second-order valence-electron chi connectivity index (χ2n) is 5.31. The van der Waals surface area contributed by atoms with Crippen molar-refractivity contribution in [3.63, 3.8) is 0 Å². The molecule has 1 aliphatic rings. The van der Waals surface area contributed by atoms with E-state index in [1.165, 1.54) is 16.2 Å². The second kappa shape index (κ2) is 6.25. The first-order chi connectivity index (χ1) is 10.2. The van der Waals surface area contributed by atoms with E-state index in [1.807, 2.05) is 30.1 Å². The number of rotatable bonds is 4. The molecule has 0 fully saturated rings. The molecule has 0 radical (unpaired) electrons. The van der Waals surface area contributed by atoms with Gasteiger partial charge in [-0.25, -0.2) is 0 Å². The molecule has 1 aromatic carbocycles. The zero-order valence-corrected chi connectivity index (χ0v) is 13.3. The Morgan fingerprint density at radius 2 is 2.33 bits per heavy atom. The van der Waals surface area contributed by atoms with Crippen LogP contribution in [0.15, 0.2) is 29.3 Å². The lowest BCUT2D eigenvalue weighted by Gasteiger charge is -2.27. The summed E-state index contributed by atoms with van der Waals surface area (Å²) >= 11 is 7.27. The molecule has 2 heterocycles. The minimum Gasteiger partial charge on any atom is -0.508 e. The van der Waals surface area contributed by atoms with Gasteiger partial charge in [0.15, 0.2) is 4.77 Å². The minimum absolute atomic E-state index is 0.329. The summed E-state index contributed by atoms with van der Waals surface area (Å²) in [4.78, 5) is 4.42. The van der Waals surface area contributed by atoms with Crippen molar-refractivity contribution in [3.8, 4) is 5.75 Å². The number of imidazole rings is 1. The lowest BCUT2D eigenvalue weighted by Crippen LogP contribution is -2.20. The third kappa shape index (κ3) is 3.02. The summed E-state index contributed by atoms with van der Waals surface area (Å²) < 4.78 is 3.00. The Morgan fingerprint density at radius 1 is 1.48 bits per heavy atom. The van der Waals surface area contributed by atoms with Crippen LogP contribution in [-0.4, -0.2) is 27.0 Å². The molecule has 112 valence electrons. The van der Waals surface area contributed by atoms with Crippen molar-refractivity contribution in [2.75, 3.05) is 12.3 Å². The maximum absolute atomic E-state index is 9.67. The molecule has 1 unspecified atom stereocenters. The van der Waals surface area contributed by atoms with E-state index in [9.17, 15) is 5.11 Å². The molecule has 0 aliphatic carbocycles. The third-order valence-corrected chi connectivity index (χ3v) is 5.40. The van der Waals surface area contributed by atoms with Crippen LogP contribution in [0.5, 0.6) is 5.75 Å². The molecule has 4 nitrogen and oxygen atoms in total. The number of nitrogens with one attached hydrogen (secondary N) is 1. The minimum atomic E-state index is 0.329. The number of phenolic OH excluding ortho intramolecular Hbond substituents is 1. The first-order valence-corrected chi connectivity index (χ1v) is 8.52. The van der Waals surface area contributed by atoms with E-state index in [1.54, 1.807) is 6.07 Å². The number of nitrogens with zero attached hydrogens (tertiary/aromatic N) is 1. The average molecular weight is 321 g/mol. The SMILES string of the molecule is NCCCc1c[nH]c(=S)n1C1CSc2ccc(O)cc2C1. The van der Waals surface area contributed by atoms with Crippen molar-refractivity contribution in [2.45, 2.75) is 30.2 Å². The largest absolute Gasteiger partial charge is 0.508 e. The van der Waals surface area contributed by atoms with Gasteiger partial charge in [0.25, 0.3) is 0 Å². The zero-order valence-electron chi connectivity index (χ0n) is 11.7. The van der Waals surface area contributed by atoms with Gasteiger partial charge in [-0.3, -0.25) is 0 Å². The molecule has 0 spiro atoms. The lowest BCUT2D eigenvalue weighted by atomic mass is 10.1. The van der Waals surface area contributed by atoms with E-state index in [-0.39, 0.29) is 0 Å². The summed E-state index contributed by atoms with van der Waals surface area (Å²) in [5.74, 6) is 1.33. The first-order valence-electron chi connectivity index (χ1n) is 7.12. The number of aromatic amines is 1. The number of aromatic nitrogens is 2. The Hall–Kier alpha value is -1.24. The van der Waals surface area contributed by atoms with E-state index >= 15 is 0 Å². The quantitative estimate of drug-likeness (QED) is 0.757. The molecule has 6 heteroatoms. The summed E-state index contributed by atoms with van der Waals surface area (Å²) in [5, 5.41) is 9.67. The number of thioether (sulfide) groups is 1. The predicted octanol–water partition coefficient (Wildman–Crippen LogP) is 3.03. The van der Waals surface area contributed by atoms with Gasteiger partial charge in [0.2, 0.25) is 0 Å². The maximum Gasteiger partial charge on any atom is 0.177 e. The van der Waals surface area contributed by atoms with Crippen molar-refractivity contribution in [1.29, 1.82) is 0 Å². The van der Waals surface area contributed by atoms with Crippen LogP contribution < -0.4 is 5.73 Å². The van der Waals surface area contributed by atoms with Gasteiger partial charge in [0.05, 0.1) is 0 Å². The Balaban J connectivity index is 1.89. The van der Waals surface area contributed by atoms with Crippen molar-refractivity contribution < 1.29 is 5.11 Å². The van der Waals surface area contributed by atoms with Crippen LogP contribution in [0.3, 0.4) is 0 Å². The predicted molar refractivity (Wildman–Crippen MR) is 88.6 cm³/mol. The van der Waals surface area contributed by atoms with Gasteiger partial charge in [-0.15, -0.1) is 11.8 Å². The summed E-state index contributed by atoms with van der Waals surface area (Å²) in [5.41, 5.74) is 8.03. The number of H-pyrrole nitrogens is 1. The smallest absolute Gasteiger partial charge is 0.177 e. The summed E-state index contributed by atoms with van der Waals surface area (Å²) in [6, 6.07) is 5.94. The molecule has 0 amide bonds. The highest BCUT2D eigenvalue weighted by molar-refractivity contribution is 7.99. The highest BCUT2D eigenvalue weighted by Gasteiger charge is 2.23. The third-order valence-electron chi connectivity index (χ3n) is 3.82. The van der Waals surface area contributed by atoms with E-state index in [4.69, 9.17) is 18.0 Å². The molecule has 0 saturated carbocycles. The van der Waals surface area contributed by atoms with Crippen LogP contribution in [0.2, 0.25) is 0 Å². The Morgan fingerprint density at radius 3 is 3.14 bits per heavy atom. The summed E-state index contributed by atoms with van der Waals surface area (Å²) in [6.45, 7) is 0.689. The Labute approximate surface area is 133 Å². The van der Waals surface area contributed by atoms with Gasteiger partial charge in [-0.05, 0) is 61.8 Å². The van der Waals surface area contributed by atoms with Crippen LogP contribution in [0.1, 0.15) is 23.7 Å². The van der Waals surface area contributed by atoms with E-state index in [0.29, 0.717) is 18.3 Å². The molecule has 1 aromatic heterocycles. The number of aryl methyl sites for hydroxylation is 1. The number of benzene rings is 1. The monoisotopic (exact) mass is 321 g/mol. The van der Waals surface area contributed by atoms with Crippen molar-refractivity contribution >= 4 is 24.0 Å². The number of phenols is 1. The van der Waals surface area contributed by atoms with Gasteiger partial charge in [0, 0.05) is 28.6 Å². The van der Waals surface area contributed by atoms with E-state index in [2.05, 4.69) is 9.55 Å². The molecule has 1 atom stereocenters. The van der Waals surface area contributed by atoms with Gasteiger partial charge >= 0.3 is 0 Å². The number of hydrogen-bond acceptors (Lipinski definition) is 4. The van der Waals surface area contributed by atoms with E-state index in [0.717, 1.165) is 29.8 Å². The van der Waals surface area contributed by atoms with Crippen LogP contribution >= 0.6 is 24.0 Å². The lowest BCUT2D eigenvalue weighted by molar-refractivity contribution is 0.470.